The third-order valence-corrected chi connectivity index (χ3v) is 3.07. The zero-order valence-electron chi connectivity index (χ0n) is 10.5. The van der Waals surface area contributed by atoms with Gasteiger partial charge in [0, 0.05) is 11.6 Å². The van der Waals surface area contributed by atoms with Crippen molar-refractivity contribution in [1.29, 1.82) is 0 Å². The summed E-state index contributed by atoms with van der Waals surface area (Å²) in [5.41, 5.74) is 5.53. The van der Waals surface area contributed by atoms with Gasteiger partial charge in [-0.15, -0.1) is 0 Å². The summed E-state index contributed by atoms with van der Waals surface area (Å²) in [6.45, 7) is 0. The Hall–Kier alpha value is -1.35. The molecule has 3 N–H and O–H groups in total. The molecule has 17 heavy (non-hydrogen) atoms. The van der Waals surface area contributed by atoms with Crippen molar-refractivity contribution in [2.24, 2.45) is 5.73 Å². The van der Waals surface area contributed by atoms with Gasteiger partial charge in [-0.25, -0.2) is 0 Å². The smallest absolute Gasteiger partial charge is 0.248 e. The van der Waals surface area contributed by atoms with Crippen LogP contribution in [0.3, 0.4) is 0 Å². The van der Waals surface area contributed by atoms with Crippen LogP contribution in [0.2, 0.25) is 0 Å². The quantitative estimate of drug-likeness (QED) is 0.825. The van der Waals surface area contributed by atoms with E-state index < -0.39 is 0 Å². The van der Waals surface area contributed by atoms with Gasteiger partial charge in [0.05, 0.1) is 0 Å². The Morgan fingerprint density at radius 3 is 2.12 bits per heavy atom. The lowest BCUT2D eigenvalue weighted by molar-refractivity contribution is 0.100. The highest BCUT2D eigenvalue weighted by Crippen LogP contribution is 2.16. The molecular formula is C14H22N2O. The van der Waals surface area contributed by atoms with E-state index in [9.17, 15) is 4.79 Å². The molecule has 0 spiro atoms. The fourth-order valence-corrected chi connectivity index (χ4v) is 1.99. The molecule has 0 bridgehead atoms. The van der Waals surface area contributed by atoms with Crippen LogP contribution in [0.4, 0.5) is 0 Å². The average molecular weight is 234 g/mol. The Kier molecular flexibility index (Phi) is 6.33. The van der Waals surface area contributed by atoms with Crippen LogP contribution >= 0.6 is 0 Å². The van der Waals surface area contributed by atoms with E-state index in [1.807, 2.05) is 6.07 Å². The van der Waals surface area contributed by atoms with Crippen LogP contribution < -0.4 is 11.1 Å². The number of benzene rings is 1. The van der Waals surface area contributed by atoms with Crippen molar-refractivity contribution in [2.45, 2.75) is 38.1 Å². The maximum Gasteiger partial charge on any atom is 0.248 e. The fourth-order valence-electron chi connectivity index (χ4n) is 1.99. The lowest BCUT2D eigenvalue weighted by atomic mass is 9.96. The van der Waals surface area contributed by atoms with Gasteiger partial charge in [-0.1, -0.05) is 37.5 Å². The van der Waals surface area contributed by atoms with E-state index in [0.717, 1.165) is 6.04 Å². The molecule has 3 nitrogen and oxygen atoms in total. The molecule has 2 rings (SSSR count). The van der Waals surface area contributed by atoms with Gasteiger partial charge in [-0.2, -0.15) is 0 Å². The van der Waals surface area contributed by atoms with Crippen molar-refractivity contribution in [3.63, 3.8) is 0 Å². The average Bonchev–Trinajstić information content (AvgIpc) is 2.41. The molecule has 0 radical (unpaired) electrons. The fraction of sp³-hybridized carbons (Fsp3) is 0.500. The van der Waals surface area contributed by atoms with Gasteiger partial charge < -0.3 is 11.1 Å². The van der Waals surface area contributed by atoms with Gasteiger partial charge in [0.15, 0.2) is 0 Å². The largest absolute Gasteiger partial charge is 0.366 e. The van der Waals surface area contributed by atoms with E-state index in [1.165, 1.54) is 32.1 Å². The highest BCUT2D eigenvalue weighted by molar-refractivity contribution is 5.92. The van der Waals surface area contributed by atoms with Crippen molar-refractivity contribution in [3.05, 3.63) is 35.9 Å². The zero-order valence-corrected chi connectivity index (χ0v) is 10.5. The molecule has 1 aromatic rings. The van der Waals surface area contributed by atoms with Crippen molar-refractivity contribution >= 4 is 5.91 Å². The number of primary amides is 1. The summed E-state index contributed by atoms with van der Waals surface area (Å²) in [7, 11) is 2.07. The molecule has 1 saturated carbocycles. The minimum absolute atomic E-state index is 0.379. The highest BCUT2D eigenvalue weighted by Gasteiger charge is 2.09. The van der Waals surface area contributed by atoms with Crippen molar-refractivity contribution < 1.29 is 4.79 Å². The molecule has 1 aliphatic carbocycles. The van der Waals surface area contributed by atoms with Crippen LogP contribution in [-0.2, 0) is 0 Å². The molecule has 1 aromatic carbocycles. The molecule has 1 fully saturated rings. The molecule has 0 unspecified atom stereocenters. The van der Waals surface area contributed by atoms with E-state index in [4.69, 9.17) is 5.73 Å². The minimum atomic E-state index is -0.379. The zero-order chi connectivity index (χ0) is 12.5. The topological polar surface area (TPSA) is 55.1 Å². The van der Waals surface area contributed by atoms with Gasteiger partial charge in [0.2, 0.25) is 5.91 Å². The standard InChI is InChI=1S/C7H7NO.C7H15N/c8-7(9)6-4-2-1-3-5-6;1-8-7-5-3-2-4-6-7/h1-5H,(H2,8,9);7-8H,2-6H2,1H3. The van der Waals surface area contributed by atoms with Crippen LogP contribution in [0.15, 0.2) is 30.3 Å². The summed E-state index contributed by atoms with van der Waals surface area (Å²) < 4.78 is 0. The summed E-state index contributed by atoms with van der Waals surface area (Å²) in [6.07, 6.45) is 7.13. The minimum Gasteiger partial charge on any atom is -0.366 e. The number of amides is 1. The molecule has 3 heteroatoms. The SMILES string of the molecule is CNC1CCCCC1.NC(=O)c1ccccc1. The lowest BCUT2D eigenvalue weighted by Gasteiger charge is -2.20. The van der Waals surface area contributed by atoms with E-state index in [-0.39, 0.29) is 5.91 Å². The Morgan fingerprint density at radius 1 is 1.18 bits per heavy atom. The van der Waals surface area contributed by atoms with E-state index in [0.29, 0.717) is 5.56 Å². The number of hydrogen-bond donors (Lipinski definition) is 2. The first-order valence-corrected chi connectivity index (χ1v) is 6.26. The van der Waals surface area contributed by atoms with Gasteiger partial charge in [-0.3, -0.25) is 4.79 Å². The van der Waals surface area contributed by atoms with Crippen molar-refractivity contribution in [2.75, 3.05) is 7.05 Å². The van der Waals surface area contributed by atoms with E-state index >= 15 is 0 Å². The molecule has 94 valence electrons. The third kappa shape index (κ3) is 5.50. The Bertz CT molecular complexity index is 318. The van der Waals surface area contributed by atoms with E-state index in [2.05, 4.69) is 12.4 Å². The monoisotopic (exact) mass is 234 g/mol. The predicted molar refractivity (Wildman–Crippen MR) is 70.9 cm³/mol. The van der Waals surface area contributed by atoms with Gasteiger partial charge in [-0.05, 0) is 32.0 Å². The summed E-state index contributed by atoms with van der Waals surface area (Å²) in [4.78, 5) is 10.4. The second-order valence-corrected chi connectivity index (χ2v) is 4.35. The first-order chi connectivity index (χ1) is 8.24. The Balaban J connectivity index is 0.000000171. The van der Waals surface area contributed by atoms with Gasteiger partial charge in [0.1, 0.15) is 0 Å². The highest BCUT2D eigenvalue weighted by atomic mass is 16.1. The third-order valence-electron chi connectivity index (χ3n) is 3.07. The predicted octanol–water partition coefficient (Wildman–Crippen LogP) is 2.32. The molecule has 0 saturated heterocycles. The summed E-state index contributed by atoms with van der Waals surface area (Å²) in [5.74, 6) is -0.379. The summed E-state index contributed by atoms with van der Waals surface area (Å²) >= 11 is 0. The van der Waals surface area contributed by atoms with Gasteiger partial charge >= 0.3 is 0 Å². The number of nitrogens with one attached hydrogen (secondary N) is 1. The molecule has 0 atom stereocenters. The van der Waals surface area contributed by atoms with Crippen molar-refractivity contribution in [1.82, 2.24) is 5.32 Å². The lowest BCUT2D eigenvalue weighted by Crippen LogP contribution is -2.26. The number of hydrogen-bond acceptors (Lipinski definition) is 2. The maximum atomic E-state index is 10.4. The second kappa shape index (κ2) is 7.85. The number of nitrogens with two attached hydrogens (primary N) is 1. The molecule has 1 aliphatic rings. The number of rotatable bonds is 2. The van der Waals surface area contributed by atoms with Crippen LogP contribution in [-0.4, -0.2) is 19.0 Å². The second-order valence-electron chi connectivity index (χ2n) is 4.35. The molecular weight excluding hydrogens is 212 g/mol. The van der Waals surface area contributed by atoms with Gasteiger partial charge in [0.25, 0.3) is 0 Å². The summed E-state index contributed by atoms with van der Waals surface area (Å²) in [5, 5.41) is 3.30. The Morgan fingerprint density at radius 2 is 1.76 bits per heavy atom. The first kappa shape index (κ1) is 13.7. The van der Waals surface area contributed by atoms with Crippen LogP contribution in [0.5, 0.6) is 0 Å². The normalized spacial score (nSPS) is 15.8. The Labute approximate surface area is 103 Å². The number of carbonyl (C=O) groups excluding carboxylic acids is 1. The van der Waals surface area contributed by atoms with Crippen LogP contribution in [0.1, 0.15) is 42.5 Å². The molecule has 0 aromatic heterocycles. The summed E-state index contributed by atoms with van der Waals surface area (Å²) in [6, 6.07) is 9.60. The van der Waals surface area contributed by atoms with Crippen LogP contribution in [0, 0.1) is 0 Å². The van der Waals surface area contributed by atoms with Crippen LogP contribution in [0.25, 0.3) is 0 Å². The first-order valence-electron chi connectivity index (χ1n) is 6.26. The number of carbonyl (C=O) groups is 1. The molecule has 1 amide bonds. The molecule has 0 heterocycles. The molecule has 0 aliphatic heterocycles. The van der Waals surface area contributed by atoms with E-state index in [1.54, 1.807) is 24.3 Å². The maximum absolute atomic E-state index is 10.4. The van der Waals surface area contributed by atoms with Crippen molar-refractivity contribution in [3.8, 4) is 0 Å².